The van der Waals surface area contributed by atoms with E-state index in [2.05, 4.69) is 9.88 Å². The third kappa shape index (κ3) is 4.73. The molecule has 0 aliphatic carbocycles. The Hall–Kier alpha value is -1.70. The van der Waals surface area contributed by atoms with Gasteiger partial charge in [-0.2, -0.15) is 0 Å². The zero-order chi connectivity index (χ0) is 22.3. The summed E-state index contributed by atoms with van der Waals surface area (Å²) < 4.78 is 1.65. The lowest BCUT2D eigenvalue weighted by molar-refractivity contribution is -0.135. The molecule has 0 N–H and O–H groups in total. The molecule has 1 atom stereocenters. The smallest absolute Gasteiger partial charge is 0.254 e. The number of carbonyl (C=O) groups excluding carboxylic acids is 1. The maximum atomic E-state index is 13.2. The van der Waals surface area contributed by atoms with E-state index in [9.17, 15) is 9.59 Å². The van der Waals surface area contributed by atoms with Crippen LogP contribution in [-0.2, 0) is 16.8 Å². The number of hydrogen-bond acceptors (Lipinski definition) is 5. The SMILES string of the molecule is CC(C)(C)c1cc(=O)n2c(n1)SCC(C(=O)N1CCN(c3ccc(Cl)c(Cl)c3)CC1)C2. The zero-order valence-corrected chi connectivity index (χ0v) is 20.2. The lowest BCUT2D eigenvalue weighted by Gasteiger charge is -2.38. The maximum Gasteiger partial charge on any atom is 0.254 e. The Bertz CT molecular complexity index is 1060. The van der Waals surface area contributed by atoms with Gasteiger partial charge in [-0.05, 0) is 18.2 Å². The Morgan fingerprint density at radius 1 is 1.10 bits per heavy atom. The highest BCUT2D eigenvalue weighted by Crippen LogP contribution is 2.30. The normalized spacial score (nSPS) is 19.3. The Kier molecular flexibility index (Phi) is 6.30. The van der Waals surface area contributed by atoms with Crippen molar-refractivity contribution in [3.05, 3.63) is 50.4 Å². The molecule has 1 fully saturated rings. The summed E-state index contributed by atoms with van der Waals surface area (Å²) in [6, 6.07) is 7.21. The number of fused-ring (bicyclic) bond motifs is 1. The molecule has 1 saturated heterocycles. The molecular formula is C22H26Cl2N4O2S. The molecule has 0 saturated carbocycles. The molecule has 1 aromatic carbocycles. The number of rotatable bonds is 2. The van der Waals surface area contributed by atoms with Crippen LogP contribution in [0.1, 0.15) is 26.5 Å². The van der Waals surface area contributed by atoms with Crippen LogP contribution in [-0.4, -0.2) is 52.3 Å². The molecule has 9 heteroatoms. The third-order valence-electron chi connectivity index (χ3n) is 5.77. The lowest BCUT2D eigenvalue weighted by atomic mass is 9.92. The molecular weight excluding hydrogens is 455 g/mol. The molecule has 1 unspecified atom stereocenters. The number of anilines is 1. The number of hydrogen-bond donors (Lipinski definition) is 0. The number of benzene rings is 1. The lowest BCUT2D eigenvalue weighted by Crippen LogP contribution is -2.52. The van der Waals surface area contributed by atoms with Crippen molar-refractivity contribution >= 4 is 46.6 Å². The Balaban J connectivity index is 1.41. The summed E-state index contributed by atoms with van der Waals surface area (Å²) >= 11 is 13.7. The second kappa shape index (κ2) is 8.68. The summed E-state index contributed by atoms with van der Waals surface area (Å²) in [6.07, 6.45) is 0. The van der Waals surface area contributed by atoms with Gasteiger partial charge in [0.15, 0.2) is 5.16 Å². The van der Waals surface area contributed by atoms with Crippen molar-refractivity contribution in [3.8, 4) is 0 Å². The largest absolute Gasteiger partial charge is 0.368 e. The van der Waals surface area contributed by atoms with Crippen molar-refractivity contribution in [2.24, 2.45) is 5.92 Å². The fraction of sp³-hybridized carbons (Fsp3) is 0.500. The van der Waals surface area contributed by atoms with E-state index in [1.165, 1.54) is 11.8 Å². The van der Waals surface area contributed by atoms with Crippen LogP contribution in [0.5, 0.6) is 0 Å². The van der Waals surface area contributed by atoms with E-state index < -0.39 is 0 Å². The number of carbonyl (C=O) groups is 1. The highest BCUT2D eigenvalue weighted by Gasteiger charge is 2.32. The number of halogens is 2. The molecule has 1 aromatic heterocycles. The van der Waals surface area contributed by atoms with Crippen molar-refractivity contribution in [1.29, 1.82) is 0 Å². The highest BCUT2D eigenvalue weighted by molar-refractivity contribution is 7.99. The number of thioether (sulfide) groups is 1. The molecule has 6 nitrogen and oxygen atoms in total. The number of piperazine rings is 1. The van der Waals surface area contributed by atoms with Crippen molar-refractivity contribution in [2.75, 3.05) is 36.8 Å². The van der Waals surface area contributed by atoms with Gasteiger partial charge < -0.3 is 9.80 Å². The molecule has 4 rings (SSSR count). The molecule has 0 spiro atoms. The summed E-state index contributed by atoms with van der Waals surface area (Å²) in [7, 11) is 0. The summed E-state index contributed by atoms with van der Waals surface area (Å²) in [6.45, 7) is 9.28. The number of aromatic nitrogens is 2. The first kappa shape index (κ1) is 22.5. The topological polar surface area (TPSA) is 58.4 Å². The van der Waals surface area contributed by atoms with Crippen LogP contribution >= 0.6 is 35.0 Å². The van der Waals surface area contributed by atoms with Gasteiger partial charge in [-0.25, -0.2) is 4.98 Å². The predicted octanol–water partition coefficient (Wildman–Crippen LogP) is 3.92. The van der Waals surface area contributed by atoms with Crippen molar-refractivity contribution in [2.45, 2.75) is 37.9 Å². The molecule has 1 amide bonds. The van der Waals surface area contributed by atoms with Gasteiger partial charge in [-0.1, -0.05) is 55.7 Å². The van der Waals surface area contributed by atoms with Crippen LogP contribution in [0.25, 0.3) is 0 Å². The van der Waals surface area contributed by atoms with E-state index in [0.29, 0.717) is 40.6 Å². The van der Waals surface area contributed by atoms with Gasteiger partial charge >= 0.3 is 0 Å². The minimum absolute atomic E-state index is 0.0793. The quantitative estimate of drug-likeness (QED) is 0.609. The van der Waals surface area contributed by atoms with Gasteiger partial charge in [-0.15, -0.1) is 0 Å². The van der Waals surface area contributed by atoms with Crippen LogP contribution in [0, 0.1) is 5.92 Å². The molecule has 0 bridgehead atoms. The Morgan fingerprint density at radius 2 is 1.81 bits per heavy atom. The first-order valence-electron chi connectivity index (χ1n) is 10.4. The second-order valence-corrected chi connectivity index (χ2v) is 10.8. The van der Waals surface area contributed by atoms with Crippen LogP contribution < -0.4 is 10.5 Å². The van der Waals surface area contributed by atoms with Gasteiger partial charge in [0.25, 0.3) is 5.56 Å². The van der Waals surface area contributed by atoms with E-state index >= 15 is 0 Å². The van der Waals surface area contributed by atoms with E-state index in [0.717, 1.165) is 24.5 Å². The average Bonchev–Trinajstić information content (AvgIpc) is 2.74. The molecule has 166 valence electrons. The first-order valence-corrected chi connectivity index (χ1v) is 12.1. The fourth-order valence-corrected chi connectivity index (χ4v) is 5.24. The van der Waals surface area contributed by atoms with Crippen LogP contribution in [0.4, 0.5) is 5.69 Å². The molecule has 31 heavy (non-hydrogen) atoms. The molecule has 2 aliphatic heterocycles. The summed E-state index contributed by atoms with van der Waals surface area (Å²) in [5.41, 5.74) is 1.54. The molecule has 0 radical (unpaired) electrons. The standard InChI is InChI=1S/C22H26Cl2N4O2S/c1-22(2,3)18-11-19(29)28-12-14(13-31-21(28)25-18)20(30)27-8-6-26(7-9-27)15-4-5-16(23)17(24)10-15/h4-5,10-11,14H,6-9,12-13H2,1-3H3. The average molecular weight is 481 g/mol. The number of nitrogens with zero attached hydrogens (tertiary/aromatic N) is 4. The first-order chi connectivity index (χ1) is 14.6. The van der Waals surface area contributed by atoms with E-state index in [1.54, 1.807) is 16.7 Å². The fourth-order valence-electron chi connectivity index (χ4n) is 3.87. The summed E-state index contributed by atoms with van der Waals surface area (Å²) in [4.78, 5) is 34.6. The molecule has 3 heterocycles. The van der Waals surface area contributed by atoms with Gasteiger partial charge in [0.2, 0.25) is 5.91 Å². The monoisotopic (exact) mass is 480 g/mol. The van der Waals surface area contributed by atoms with E-state index in [-0.39, 0.29) is 22.8 Å². The van der Waals surface area contributed by atoms with Gasteiger partial charge in [-0.3, -0.25) is 14.2 Å². The van der Waals surface area contributed by atoms with Crippen LogP contribution in [0.15, 0.2) is 34.2 Å². The summed E-state index contributed by atoms with van der Waals surface area (Å²) in [5, 5.41) is 1.78. The van der Waals surface area contributed by atoms with Crippen LogP contribution in [0.3, 0.4) is 0 Å². The zero-order valence-electron chi connectivity index (χ0n) is 17.9. The minimum atomic E-state index is -0.214. The minimum Gasteiger partial charge on any atom is -0.368 e. The Morgan fingerprint density at radius 3 is 2.45 bits per heavy atom. The second-order valence-electron chi connectivity index (χ2n) is 9.04. The Labute approximate surface area is 196 Å². The molecule has 2 aromatic rings. The van der Waals surface area contributed by atoms with Gasteiger partial charge in [0.05, 0.1) is 21.7 Å². The third-order valence-corrected chi connectivity index (χ3v) is 7.65. The van der Waals surface area contributed by atoms with E-state index in [1.807, 2.05) is 37.8 Å². The van der Waals surface area contributed by atoms with Crippen molar-refractivity contribution in [3.63, 3.8) is 0 Å². The van der Waals surface area contributed by atoms with Gasteiger partial charge in [0, 0.05) is 55.6 Å². The van der Waals surface area contributed by atoms with Crippen molar-refractivity contribution < 1.29 is 4.79 Å². The number of amides is 1. The van der Waals surface area contributed by atoms with Crippen molar-refractivity contribution in [1.82, 2.24) is 14.5 Å². The van der Waals surface area contributed by atoms with Gasteiger partial charge in [0.1, 0.15) is 0 Å². The maximum absolute atomic E-state index is 13.2. The highest BCUT2D eigenvalue weighted by atomic mass is 35.5. The predicted molar refractivity (Wildman–Crippen MR) is 127 cm³/mol. The summed E-state index contributed by atoms with van der Waals surface area (Å²) in [5.74, 6) is 0.541. The van der Waals surface area contributed by atoms with E-state index in [4.69, 9.17) is 23.2 Å². The van der Waals surface area contributed by atoms with Crippen LogP contribution in [0.2, 0.25) is 10.0 Å². The molecule has 2 aliphatic rings.